The van der Waals surface area contributed by atoms with E-state index < -0.39 is 11.7 Å². The largest absolute Gasteiger partial charge is 0.305 e. The van der Waals surface area contributed by atoms with Crippen LogP contribution in [0.25, 0.3) is 0 Å². The molecule has 3 heteroatoms. The van der Waals surface area contributed by atoms with E-state index in [4.69, 9.17) is 0 Å². The van der Waals surface area contributed by atoms with E-state index in [1.807, 2.05) is 6.07 Å². The van der Waals surface area contributed by atoms with Gasteiger partial charge in [-0.15, -0.1) is 0 Å². The van der Waals surface area contributed by atoms with Crippen molar-refractivity contribution in [2.45, 2.75) is 24.7 Å². The van der Waals surface area contributed by atoms with Crippen LogP contribution in [0.15, 0.2) is 30.3 Å². The van der Waals surface area contributed by atoms with Gasteiger partial charge < -0.3 is 0 Å². The molecule has 0 spiro atoms. The van der Waals surface area contributed by atoms with Gasteiger partial charge in [-0.2, -0.15) is 8.78 Å². The molecule has 0 saturated heterocycles. The molecule has 0 N–H and O–H groups in total. The smallest absolute Gasteiger partial charge is 0.293 e. The zero-order chi connectivity index (χ0) is 10.2. The van der Waals surface area contributed by atoms with Crippen molar-refractivity contribution >= 4 is 5.78 Å². The lowest BCUT2D eigenvalue weighted by atomic mass is 9.98. The SMILES string of the molecule is O=C1CC(c2ccccc2)CC1(F)F. The van der Waals surface area contributed by atoms with Gasteiger partial charge in [0, 0.05) is 12.8 Å². The Balaban J connectivity index is 2.21. The number of hydrogen-bond donors (Lipinski definition) is 0. The van der Waals surface area contributed by atoms with E-state index in [1.165, 1.54) is 0 Å². The summed E-state index contributed by atoms with van der Waals surface area (Å²) in [5.74, 6) is -4.34. The van der Waals surface area contributed by atoms with Crippen LogP contribution < -0.4 is 0 Å². The maximum absolute atomic E-state index is 12.9. The standard InChI is InChI=1S/C11H10F2O/c12-11(13)7-9(6-10(11)14)8-4-2-1-3-5-8/h1-5,9H,6-7H2. The summed E-state index contributed by atoms with van der Waals surface area (Å²) in [6.07, 6.45) is -0.368. The fraction of sp³-hybridized carbons (Fsp3) is 0.364. The average Bonchev–Trinajstić information content (AvgIpc) is 2.43. The lowest BCUT2D eigenvalue weighted by molar-refractivity contribution is -0.138. The van der Waals surface area contributed by atoms with E-state index in [0.717, 1.165) is 5.56 Å². The molecule has 0 amide bonds. The van der Waals surface area contributed by atoms with Crippen LogP contribution in [0, 0.1) is 0 Å². The van der Waals surface area contributed by atoms with Crippen molar-refractivity contribution in [2.24, 2.45) is 0 Å². The maximum atomic E-state index is 12.9. The summed E-state index contributed by atoms with van der Waals surface area (Å²) in [7, 11) is 0. The van der Waals surface area contributed by atoms with Crippen LogP contribution >= 0.6 is 0 Å². The van der Waals surface area contributed by atoms with E-state index in [9.17, 15) is 13.6 Å². The molecule has 1 atom stereocenters. The molecular formula is C11H10F2O. The third-order valence-electron chi connectivity index (χ3n) is 2.61. The highest BCUT2D eigenvalue weighted by atomic mass is 19.3. The van der Waals surface area contributed by atoms with Crippen molar-refractivity contribution in [3.8, 4) is 0 Å². The number of Topliss-reactive ketones (excluding diaryl/α,β-unsaturated/α-hetero) is 1. The first-order valence-electron chi connectivity index (χ1n) is 4.56. The molecule has 1 nitrogen and oxygen atoms in total. The van der Waals surface area contributed by atoms with E-state index in [1.54, 1.807) is 24.3 Å². The summed E-state index contributed by atoms with van der Waals surface area (Å²) in [5.41, 5.74) is 0.832. The normalized spacial score (nSPS) is 25.3. The van der Waals surface area contributed by atoms with Crippen molar-refractivity contribution in [3.63, 3.8) is 0 Å². The monoisotopic (exact) mass is 196 g/mol. The molecule has 0 aromatic heterocycles. The molecule has 1 saturated carbocycles. The first-order valence-corrected chi connectivity index (χ1v) is 4.56. The highest BCUT2D eigenvalue weighted by molar-refractivity contribution is 5.88. The molecule has 2 rings (SSSR count). The zero-order valence-electron chi connectivity index (χ0n) is 7.54. The Morgan fingerprint density at radius 1 is 1.21 bits per heavy atom. The lowest BCUT2D eigenvalue weighted by Crippen LogP contribution is -2.20. The van der Waals surface area contributed by atoms with Gasteiger partial charge in [0.05, 0.1) is 0 Å². The minimum absolute atomic E-state index is 0.0307. The van der Waals surface area contributed by atoms with Crippen molar-refractivity contribution in [3.05, 3.63) is 35.9 Å². The number of carbonyl (C=O) groups is 1. The van der Waals surface area contributed by atoms with E-state index in [2.05, 4.69) is 0 Å². The predicted octanol–water partition coefficient (Wildman–Crippen LogP) is 2.77. The second kappa shape index (κ2) is 3.15. The highest BCUT2D eigenvalue weighted by Crippen LogP contribution is 2.41. The van der Waals surface area contributed by atoms with Crippen molar-refractivity contribution in [1.29, 1.82) is 0 Å². The Hall–Kier alpha value is -1.25. The number of hydrogen-bond acceptors (Lipinski definition) is 1. The van der Waals surface area contributed by atoms with Crippen LogP contribution in [0.2, 0.25) is 0 Å². The number of carbonyl (C=O) groups excluding carboxylic acids is 1. The molecule has 0 heterocycles. The molecule has 74 valence electrons. The maximum Gasteiger partial charge on any atom is 0.305 e. The fourth-order valence-electron chi connectivity index (χ4n) is 1.83. The van der Waals surface area contributed by atoms with E-state index in [0.29, 0.717) is 0 Å². The van der Waals surface area contributed by atoms with E-state index >= 15 is 0 Å². The topological polar surface area (TPSA) is 17.1 Å². The molecule has 1 aromatic carbocycles. The summed E-state index contributed by atoms with van der Waals surface area (Å²) >= 11 is 0. The first-order chi connectivity index (χ1) is 6.59. The predicted molar refractivity (Wildman–Crippen MR) is 48.4 cm³/mol. The van der Waals surface area contributed by atoms with Crippen LogP contribution in [0.3, 0.4) is 0 Å². The molecule has 1 aliphatic rings. The zero-order valence-corrected chi connectivity index (χ0v) is 7.54. The number of ketones is 1. The molecule has 14 heavy (non-hydrogen) atoms. The molecule has 1 unspecified atom stereocenters. The van der Waals surface area contributed by atoms with Crippen LogP contribution in [-0.4, -0.2) is 11.7 Å². The van der Waals surface area contributed by atoms with Crippen molar-refractivity contribution in [2.75, 3.05) is 0 Å². The van der Waals surface area contributed by atoms with Gasteiger partial charge in [0.2, 0.25) is 5.78 Å². The van der Waals surface area contributed by atoms with Gasteiger partial charge in [-0.1, -0.05) is 30.3 Å². The number of rotatable bonds is 1. The van der Waals surface area contributed by atoms with Gasteiger partial charge >= 0.3 is 5.92 Å². The van der Waals surface area contributed by atoms with Gasteiger partial charge in [-0.3, -0.25) is 4.79 Å². The molecule has 1 fully saturated rings. The third kappa shape index (κ3) is 1.54. The van der Waals surface area contributed by atoms with Gasteiger partial charge in [-0.25, -0.2) is 0 Å². The Labute approximate surface area is 80.7 Å². The molecule has 0 bridgehead atoms. The van der Waals surface area contributed by atoms with Crippen molar-refractivity contribution in [1.82, 2.24) is 0 Å². The van der Waals surface area contributed by atoms with Crippen LogP contribution in [0.4, 0.5) is 8.78 Å². The lowest BCUT2D eigenvalue weighted by Gasteiger charge is -2.08. The Morgan fingerprint density at radius 2 is 1.86 bits per heavy atom. The minimum Gasteiger partial charge on any atom is -0.293 e. The van der Waals surface area contributed by atoms with Gasteiger partial charge in [0.25, 0.3) is 0 Å². The molecule has 0 aliphatic heterocycles. The first kappa shape index (κ1) is 9.31. The van der Waals surface area contributed by atoms with Gasteiger partial charge in [0.1, 0.15) is 0 Å². The number of alkyl halides is 2. The molecule has 0 radical (unpaired) electrons. The summed E-state index contributed by atoms with van der Waals surface area (Å²) in [6.45, 7) is 0. The second-order valence-corrected chi connectivity index (χ2v) is 3.64. The Morgan fingerprint density at radius 3 is 2.36 bits per heavy atom. The highest BCUT2D eigenvalue weighted by Gasteiger charge is 2.48. The van der Waals surface area contributed by atoms with Crippen LogP contribution in [0.5, 0.6) is 0 Å². The molecule has 1 aliphatic carbocycles. The number of benzene rings is 1. The fourth-order valence-corrected chi connectivity index (χ4v) is 1.83. The van der Waals surface area contributed by atoms with Crippen LogP contribution in [-0.2, 0) is 4.79 Å². The molecule has 1 aromatic rings. The second-order valence-electron chi connectivity index (χ2n) is 3.64. The van der Waals surface area contributed by atoms with Crippen molar-refractivity contribution < 1.29 is 13.6 Å². The van der Waals surface area contributed by atoms with Gasteiger partial charge in [0.15, 0.2) is 0 Å². The summed E-state index contributed by atoms with van der Waals surface area (Å²) in [5, 5.41) is 0. The Bertz CT molecular complexity index is 346. The summed E-state index contributed by atoms with van der Waals surface area (Å²) in [4.78, 5) is 10.9. The summed E-state index contributed by atoms with van der Waals surface area (Å²) < 4.78 is 25.8. The number of halogens is 2. The van der Waals surface area contributed by atoms with Crippen LogP contribution in [0.1, 0.15) is 24.3 Å². The Kier molecular flexibility index (Phi) is 2.10. The average molecular weight is 196 g/mol. The molecular weight excluding hydrogens is 186 g/mol. The van der Waals surface area contributed by atoms with Gasteiger partial charge in [-0.05, 0) is 11.5 Å². The van der Waals surface area contributed by atoms with E-state index in [-0.39, 0.29) is 18.8 Å². The third-order valence-corrected chi connectivity index (χ3v) is 2.61. The minimum atomic E-state index is -3.11. The quantitative estimate of drug-likeness (QED) is 0.675. The summed E-state index contributed by atoms with van der Waals surface area (Å²) in [6, 6.07) is 9.02.